The number of nitrogens with one attached hydrogen (secondary N) is 1. The predicted octanol–water partition coefficient (Wildman–Crippen LogP) is 2.98. The molecular formula is C22H23N7O2S. The van der Waals surface area contributed by atoms with Gasteiger partial charge in [-0.1, -0.05) is 12.1 Å². The van der Waals surface area contributed by atoms with Crippen LogP contribution in [-0.4, -0.2) is 46.1 Å². The van der Waals surface area contributed by atoms with Crippen molar-refractivity contribution in [2.45, 2.75) is 19.4 Å². The van der Waals surface area contributed by atoms with Crippen molar-refractivity contribution in [1.29, 1.82) is 0 Å². The van der Waals surface area contributed by atoms with E-state index in [1.807, 2.05) is 19.2 Å². The van der Waals surface area contributed by atoms with Crippen molar-refractivity contribution in [3.8, 4) is 12.0 Å². The van der Waals surface area contributed by atoms with Crippen molar-refractivity contribution in [1.82, 2.24) is 19.5 Å². The number of para-hydroxylation sites is 1. The second-order valence-electron chi connectivity index (χ2n) is 7.60. The summed E-state index contributed by atoms with van der Waals surface area (Å²) in [5, 5.41) is 5.56. The molecule has 3 N–H and O–H groups in total. The second kappa shape index (κ2) is 8.12. The first-order chi connectivity index (χ1) is 15.6. The Balaban J connectivity index is 1.69. The number of thiophene rings is 1. The number of methoxy groups -OCH3 is 1. The number of carbonyl (C=O) groups excluding carboxylic acids is 1. The van der Waals surface area contributed by atoms with Crippen molar-refractivity contribution >= 4 is 39.9 Å². The molecule has 1 amide bonds. The lowest BCUT2D eigenvalue weighted by Gasteiger charge is -2.28. The molecule has 1 aromatic carbocycles. The third-order valence-corrected chi connectivity index (χ3v) is 6.44. The van der Waals surface area contributed by atoms with E-state index in [9.17, 15) is 4.79 Å². The van der Waals surface area contributed by atoms with E-state index in [1.165, 1.54) is 12.0 Å². The zero-order valence-corrected chi connectivity index (χ0v) is 18.6. The summed E-state index contributed by atoms with van der Waals surface area (Å²) in [4.78, 5) is 29.6. The fraction of sp³-hybridized carbons (Fsp3) is 0.273. The van der Waals surface area contributed by atoms with Gasteiger partial charge in [0, 0.05) is 24.0 Å². The molecular weight excluding hydrogens is 426 g/mol. The molecule has 3 aromatic heterocycles. The van der Waals surface area contributed by atoms with Crippen LogP contribution in [0.4, 0.5) is 11.6 Å². The number of anilines is 2. The SMILES string of the molecule is COc1nc2c(C(N)=O)cccc2n1-c1nc(NCc2cccs2)c2c(n1)N(C)CCC2. The molecule has 1 aliphatic rings. The van der Waals surface area contributed by atoms with Crippen LogP contribution in [0.5, 0.6) is 6.01 Å². The first-order valence-electron chi connectivity index (χ1n) is 10.3. The number of hydrogen-bond donors (Lipinski definition) is 2. The van der Waals surface area contributed by atoms with Gasteiger partial charge in [0.1, 0.15) is 17.2 Å². The average Bonchev–Trinajstić information content (AvgIpc) is 3.45. The van der Waals surface area contributed by atoms with Crippen LogP contribution in [0.2, 0.25) is 0 Å². The van der Waals surface area contributed by atoms with Gasteiger partial charge in [-0.25, -0.2) is 4.57 Å². The number of fused-ring (bicyclic) bond motifs is 2. The first-order valence-corrected chi connectivity index (χ1v) is 11.2. The standard InChI is InChI=1S/C22H23N7O2S/c1-28-10-4-8-15-19(24-12-13-6-5-11-32-13)26-21(27-20(15)28)29-16-9-3-7-14(18(23)30)17(16)25-22(29)31-2/h3,5-7,9,11H,4,8,10,12H2,1-2H3,(H2,23,30)(H,24,26,27). The highest BCUT2D eigenvalue weighted by Gasteiger charge is 2.25. The number of amides is 1. The molecule has 32 heavy (non-hydrogen) atoms. The van der Waals surface area contributed by atoms with Crippen LogP contribution >= 0.6 is 11.3 Å². The molecule has 10 heteroatoms. The number of imidazole rings is 1. The third kappa shape index (κ3) is 3.42. The Morgan fingerprint density at radius 2 is 2.12 bits per heavy atom. The van der Waals surface area contributed by atoms with Crippen LogP contribution in [0.3, 0.4) is 0 Å². The van der Waals surface area contributed by atoms with Gasteiger partial charge in [0.25, 0.3) is 5.91 Å². The highest BCUT2D eigenvalue weighted by atomic mass is 32.1. The van der Waals surface area contributed by atoms with Gasteiger partial charge in [0.15, 0.2) is 0 Å². The van der Waals surface area contributed by atoms with Gasteiger partial charge in [-0.3, -0.25) is 4.79 Å². The zero-order chi connectivity index (χ0) is 22.2. The van der Waals surface area contributed by atoms with Crippen molar-refractivity contribution < 1.29 is 9.53 Å². The third-order valence-electron chi connectivity index (χ3n) is 5.57. The highest BCUT2D eigenvalue weighted by Crippen LogP contribution is 2.33. The number of rotatable bonds is 6. The molecule has 0 spiro atoms. The lowest BCUT2D eigenvalue weighted by molar-refractivity contribution is 0.100. The lowest BCUT2D eigenvalue weighted by atomic mass is 10.1. The highest BCUT2D eigenvalue weighted by molar-refractivity contribution is 7.09. The van der Waals surface area contributed by atoms with E-state index in [0.29, 0.717) is 29.1 Å². The van der Waals surface area contributed by atoms with Crippen molar-refractivity contribution in [2.75, 3.05) is 30.9 Å². The lowest BCUT2D eigenvalue weighted by Crippen LogP contribution is -2.28. The molecule has 0 bridgehead atoms. The summed E-state index contributed by atoms with van der Waals surface area (Å²) in [7, 11) is 3.56. The number of aromatic nitrogens is 4. The number of nitrogens with two attached hydrogens (primary N) is 1. The fourth-order valence-corrected chi connectivity index (χ4v) is 4.69. The molecule has 164 valence electrons. The molecule has 0 fully saturated rings. The molecule has 0 saturated carbocycles. The smallest absolute Gasteiger partial charge is 0.304 e. The summed E-state index contributed by atoms with van der Waals surface area (Å²) in [6.45, 7) is 1.60. The largest absolute Gasteiger partial charge is 0.468 e. The van der Waals surface area contributed by atoms with E-state index in [0.717, 1.165) is 36.6 Å². The maximum absolute atomic E-state index is 11.9. The van der Waals surface area contributed by atoms with Gasteiger partial charge >= 0.3 is 6.01 Å². The summed E-state index contributed by atoms with van der Waals surface area (Å²) in [6.07, 6.45) is 1.94. The Bertz CT molecular complexity index is 1300. The number of hydrogen-bond acceptors (Lipinski definition) is 8. The zero-order valence-electron chi connectivity index (χ0n) is 17.8. The van der Waals surface area contributed by atoms with Gasteiger partial charge in [-0.05, 0) is 36.4 Å². The van der Waals surface area contributed by atoms with E-state index < -0.39 is 5.91 Å². The van der Waals surface area contributed by atoms with Gasteiger partial charge in [0.2, 0.25) is 5.95 Å². The number of ether oxygens (including phenoxy) is 1. The maximum Gasteiger partial charge on any atom is 0.304 e. The van der Waals surface area contributed by atoms with Crippen molar-refractivity contribution in [3.63, 3.8) is 0 Å². The number of nitrogens with zero attached hydrogens (tertiary/aromatic N) is 5. The van der Waals surface area contributed by atoms with Gasteiger partial charge in [0.05, 0.1) is 24.7 Å². The molecule has 0 unspecified atom stereocenters. The topological polar surface area (TPSA) is 111 Å². The number of primary amides is 1. The summed E-state index contributed by atoms with van der Waals surface area (Å²) in [5.74, 6) is 1.55. The minimum Gasteiger partial charge on any atom is -0.468 e. The van der Waals surface area contributed by atoms with Gasteiger partial charge in [-0.2, -0.15) is 15.0 Å². The Kier molecular flexibility index (Phi) is 5.14. The van der Waals surface area contributed by atoms with Gasteiger partial charge in [-0.15, -0.1) is 11.3 Å². The predicted molar refractivity (Wildman–Crippen MR) is 125 cm³/mol. The Labute approximate surface area is 188 Å². The maximum atomic E-state index is 11.9. The molecule has 1 aliphatic heterocycles. The summed E-state index contributed by atoms with van der Waals surface area (Å²) < 4.78 is 7.26. The van der Waals surface area contributed by atoms with Crippen LogP contribution < -0.4 is 20.7 Å². The quantitative estimate of drug-likeness (QED) is 0.465. The minimum atomic E-state index is -0.549. The van der Waals surface area contributed by atoms with Crippen LogP contribution in [-0.2, 0) is 13.0 Å². The molecule has 5 rings (SSSR count). The van der Waals surface area contributed by atoms with E-state index in [2.05, 4.69) is 26.6 Å². The Morgan fingerprint density at radius 1 is 1.25 bits per heavy atom. The number of benzene rings is 1. The first kappa shape index (κ1) is 20.3. The Morgan fingerprint density at radius 3 is 2.88 bits per heavy atom. The molecule has 0 atom stereocenters. The van der Waals surface area contributed by atoms with Crippen LogP contribution in [0.25, 0.3) is 17.0 Å². The van der Waals surface area contributed by atoms with Crippen molar-refractivity contribution in [2.24, 2.45) is 5.73 Å². The normalized spacial score (nSPS) is 13.2. The molecule has 0 radical (unpaired) electrons. The van der Waals surface area contributed by atoms with E-state index in [-0.39, 0.29) is 6.01 Å². The molecule has 0 saturated heterocycles. The second-order valence-corrected chi connectivity index (χ2v) is 8.64. The summed E-state index contributed by atoms with van der Waals surface area (Å²) >= 11 is 1.70. The van der Waals surface area contributed by atoms with Crippen LogP contribution in [0, 0.1) is 0 Å². The van der Waals surface area contributed by atoms with Gasteiger partial charge < -0.3 is 20.7 Å². The van der Waals surface area contributed by atoms with E-state index in [4.69, 9.17) is 20.4 Å². The summed E-state index contributed by atoms with van der Waals surface area (Å²) in [5.41, 5.74) is 8.10. The number of carbonyl (C=O) groups is 1. The average molecular weight is 450 g/mol. The minimum absolute atomic E-state index is 0.288. The van der Waals surface area contributed by atoms with E-state index in [1.54, 1.807) is 28.0 Å². The molecule has 4 aromatic rings. The van der Waals surface area contributed by atoms with Crippen LogP contribution in [0.1, 0.15) is 27.2 Å². The molecule has 9 nitrogen and oxygen atoms in total. The molecule has 0 aliphatic carbocycles. The van der Waals surface area contributed by atoms with Crippen LogP contribution in [0.15, 0.2) is 35.7 Å². The fourth-order valence-electron chi connectivity index (χ4n) is 4.04. The van der Waals surface area contributed by atoms with Crippen molar-refractivity contribution in [3.05, 3.63) is 51.7 Å². The van der Waals surface area contributed by atoms with E-state index >= 15 is 0 Å². The monoisotopic (exact) mass is 449 g/mol. The molecule has 4 heterocycles. The summed E-state index contributed by atoms with van der Waals surface area (Å²) in [6, 6.07) is 9.68. The Hall–Kier alpha value is -3.66.